The van der Waals surface area contributed by atoms with Crippen LogP contribution in [-0.2, 0) is 0 Å². The summed E-state index contributed by atoms with van der Waals surface area (Å²) in [5.41, 5.74) is 1.05. The Labute approximate surface area is 113 Å². The first-order chi connectivity index (χ1) is 9.20. The van der Waals surface area contributed by atoms with E-state index in [0.717, 1.165) is 5.56 Å². The second-order valence-corrected chi connectivity index (χ2v) is 4.42. The van der Waals surface area contributed by atoms with Gasteiger partial charge in [-0.1, -0.05) is 11.6 Å². The summed E-state index contributed by atoms with van der Waals surface area (Å²) in [6.45, 7) is 0. The molecule has 2 heterocycles. The van der Waals surface area contributed by atoms with Crippen LogP contribution >= 0.6 is 11.6 Å². The van der Waals surface area contributed by atoms with E-state index in [-0.39, 0.29) is 5.56 Å². The number of hydrogen-bond donors (Lipinski definition) is 1. The third kappa shape index (κ3) is 1.88. The summed E-state index contributed by atoms with van der Waals surface area (Å²) in [6, 6.07) is 8.78. The highest BCUT2D eigenvalue weighted by Crippen LogP contribution is 2.30. The number of methoxy groups -OCH3 is 1. The molecule has 1 aromatic carbocycles. The molecule has 6 heteroatoms. The molecule has 5 nitrogen and oxygen atoms in total. The van der Waals surface area contributed by atoms with Crippen molar-refractivity contribution in [2.24, 2.45) is 0 Å². The van der Waals surface area contributed by atoms with E-state index in [1.54, 1.807) is 48.0 Å². The van der Waals surface area contributed by atoms with Gasteiger partial charge in [-0.05, 0) is 30.3 Å². The SMILES string of the molecule is COc1cc(Cl)ccc1-c1n[nH]c(=O)c2cccn12. The molecule has 0 radical (unpaired) electrons. The van der Waals surface area contributed by atoms with Crippen LogP contribution in [0.25, 0.3) is 16.9 Å². The molecule has 0 aliphatic carbocycles. The number of nitrogens with zero attached hydrogens (tertiary/aromatic N) is 2. The Morgan fingerprint density at radius 2 is 2.21 bits per heavy atom. The lowest BCUT2D eigenvalue weighted by atomic mass is 10.2. The number of rotatable bonds is 2. The number of fused-ring (bicyclic) bond motifs is 1. The minimum absolute atomic E-state index is 0.235. The summed E-state index contributed by atoms with van der Waals surface area (Å²) in [5.74, 6) is 1.19. The molecule has 0 atom stereocenters. The molecule has 0 bridgehead atoms. The van der Waals surface area contributed by atoms with E-state index in [0.29, 0.717) is 22.1 Å². The predicted molar refractivity (Wildman–Crippen MR) is 72.8 cm³/mol. The van der Waals surface area contributed by atoms with E-state index in [2.05, 4.69) is 10.2 Å². The Kier molecular flexibility index (Phi) is 2.76. The number of nitrogens with one attached hydrogen (secondary N) is 1. The average Bonchev–Trinajstić information content (AvgIpc) is 2.90. The number of halogens is 1. The van der Waals surface area contributed by atoms with Gasteiger partial charge in [0.05, 0.1) is 12.7 Å². The number of aromatic nitrogens is 3. The molecule has 19 heavy (non-hydrogen) atoms. The van der Waals surface area contributed by atoms with Crippen molar-refractivity contribution in [1.82, 2.24) is 14.6 Å². The Morgan fingerprint density at radius 3 is 3.00 bits per heavy atom. The second kappa shape index (κ2) is 4.44. The van der Waals surface area contributed by atoms with Gasteiger partial charge in [0.1, 0.15) is 11.3 Å². The number of H-pyrrole nitrogens is 1. The molecular formula is C13H10ClN3O2. The van der Waals surface area contributed by atoms with E-state index in [1.165, 1.54) is 0 Å². The van der Waals surface area contributed by atoms with Crippen molar-refractivity contribution in [3.05, 3.63) is 51.9 Å². The average molecular weight is 276 g/mol. The van der Waals surface area contributed by atoms with E-state index < -0.39 is 0 Å². The summed E-state index contributed by atoms with van der Waals surface area (Å²) in [4.78, 5) is 11.6. The smallest absolute Gasteiger partial charge is 0.288 e. The van der Waals surface area contributed by atoms with Gasteiger partial charge in [0.25, 0.3) is 5.56 Å². The van der Waals surface area contributed by atoms with Crippen LogP contribution in [0.5, 0.6) is 5.75 Å². The van der Waals surface area contributed by atoms with Crippen molar-refractivity contribution in [1.29, 1.82) is 0 Å². The number of ether oxygens (including phenoxy) is 1. The molecule has 2 aromatic heterocycles. The molecule has 0 saturated heterocycles. The molecular weight excluding hydrogens is 266 g/mol. The highest BCUT2D eigenvalue weighted by atomic mass is 35.5. The number of aromatic amines is 1. The van der Waals surface area contributed by atoms with Gasteiger partial charge < -0.3 is 4.74 Å². The second-order valence-electron chi connectivity index (χ2n) is 3.98. The Morgan fingerprint density at radius 1 is 1.37 bits per heavy atom. The first kappa shape index (κ1) is 11.8. The van der Waals surface area contributed by atoms with Crippen LogP contribution in [0.2, 0.25) is 5.02 Å². The first-order valence-electron chi connectivity index (χ1n) is 5.60. The van der Waals surface area contributed by atoms with Crippen molar-refractivity contribution < 1.29 is 4.74 Å². The van der Waals surface area contributed by atoms with Crippen molar-refractivity contribution in [2.45, 2.75) is 0 Å². The van der Waals surface area contributed by atoms with E-state index >= 15 is 0 Å². The molecule has 0 fully saturated rings. The fourth-order valence-corrected chi connectivity index (χ4v) is 2.17. The zero-order valence-corrected chi connectivity index (χ0v) is 10.8. The van der Waals surface area contributed by atoms with Gasteiger partial charge in [-0.3, -0.25) is 9.20 Å². The molecule has 0 spiro atoms. The lowest BCUT2D eigenvalue weighted by molar-refractivity contribution is 0.416. The van der Waals surface area contributed by atoms with Gasteiger partial charge in [0.15, 0.2) is 5.82 Å². The number of benzene rings is 1. The fraction of sp³-hybridized carbons (Fsp3) is 0.0769. The zero-order valence-electron chi connectivity index (χ0n) is 10.1. The Bertz CT molecular complexity index is 807. The maximum atomic E-state index is 11.6. The van der Waals surface area contributed by atoms with Gasteiger partial charge in [-0.15, -0.1) is 0 Å². The fourth-order valence-electron chi connectivity index (χ4n) is 2.01. The van der Waals surface area contributed by atoms with Crippen LogP contribution in [0.3, 0.4) is 0 Å². The Balaban J connectivity index is 2.33. The van der Waals surface area contributed by atoms with Crippen molar-refractivity contribution in [3.63, 3.8) is 0 Å². The highest BCUT2D eigenvalue weighted by Gasteiger charge is 2.12. The van der Waals surface area contributed by atoms with Crippen molar-refractivity contribution in [2.75, 3.05) is 7.11 Å². The van der Waals surface area contributed by atoms with Crippen molar-refractivity contribution in [3.8, 4) is 17.1 Å². The predicted octanol–water partition coefficient (Wildman–Crippen LogP) is 2.35. The minimum atomic E-state index is -0.235. The quantitative estimate of drug-likeness (QED) is 0.781. The third-order valence-corrected chi connectivity index (χ3v) is 3.11. The molecule has 0 amide bonds. The van der Waals surface area contributed by atoms with Gasteiger partial charge >= 0.3 is 0 Å². The van der Waals surface area contributed by atoms with Gasteiger partial charge in [0, 0.05) is 11.2 Å². The summed E-state index contributed by atoms with van der Waals surface area (Å²) >= 11 is 5.94. The lowest BCUT2D eigenvalue weighted by Gasteiger charge is -2.09. The normalized spacial score (nSPS) is 10.8. The maximum Gasteiger partial charge on any atom is 0.288 e. The minimum Gasteiger partial charge on any atom is -0.496 e. The molecule has 0 unspecified atom stereocenters. The van der Waals surface area contributed by atoms with Gasteiger partial charge in [-0.25, -0.2) is 5.10 Å². The summed E-state index contributed by atoms with van der Waals surface area (Å²) in [6.07, 6.45) is 1.78. The molecule has 3 aromatic rings. The van der Waals surface area contributed by atoms with Crippen LogP contribution in [0.15, 0.2) is 41.3 Å². The van der Waals surface area contributed by atoms with E-state index in [9.17, 15) is 4.79 Å². The summed E-state index contributed by atoms with van der Waals surface area (Å²) < 4.78 is 7.02. The van der Waals surface area contributed by atoms with Gasteiger partial charge in [-0.2, -0.15) is 5.10 Å². The molecule has 0 aliphatic rings. The largest absolute Gasteiger partial charge is 0.496 e. The number of hydrogen-bond acceptors (Lipinski definition) is 3. The summed E-state index contributed by atoms with van der Waals surface area (Å²) in [7, 11) is 1.56. The molecule has 3 rings (SSSR count). The zero-order chi connectivity index (χ0) is 13.4. The molecule has 96 valence electrons. The third-order valence-electron chi connectivity index (χ3n) is 2.88. The van der Waals surface area contributed by atoms with Crippen molar-refractivity contribution >= 4 is 17.1 Å². The standard InChI is InChI=1S/C13H10ClN3O2/c1-19-11-7-8(14)4-5-9(11)12-15-16-13(18)10-3-2-6-17(10)12/h2-7H,1H3,(H,16,18). The van der Waals surface area contributed by atoms with Crippen LogP contribution in [-0.4, -0.2) is 21.7 Å². The van der Waals surface area contributed by atoms with Crippen LogP contribution in [0, 0.1) is 0 Å². The molecule has 0 saturated carbocycles. The van der Waals surface area contributed by atoms with Crippen LogP contribution in [0.4, 0.5) is 0 Å². The maximum absolute atomic E-state index is 11.6. The molecule has 1 N–H and O–H groups in total. The monoisotopic (exact) mass is 275 g/mol. The van der Waals surface area contributed by atoms with E-state index in [4.69, 9.17) is 16.3 Å². The van der Waals surface area contributed by atoms with E-state index in [1.807, 2.05) is 0 Å². The highest BCUT2D eigenvalue weighted by molar-refractivity contribution is 6.30. The van der Waals surface area contributed by atoms with Crippen LogP contribution in [0.1, 0.15) is 0 Å². The topological polar surface area (TPSA) is 59.4 Å². The molecule has 0 aliphatic heterocycles. The Hall–Kier alpha value is -2.27. The lowest BCUT2D eigenvalue weighted by Crippen LogP contribution is -2.13. The summed E-state index contributed by atoms with van der Waals surface area (Å²) in [5, 5.41) is 7.15. The first-order valence-corrected chi connectivity index (χ1v) is 5.98. The van der Waals surface area contributed by atoms with Gasteiger partial charge in [0.2, 0.25) is 0 Å². The van der Waals surface area contributed by atoms with Crippen LogP contribution < -0.4 is 10.3 Å².